The summed E-state index contributed by atoms with van der Waals surface area (Å²) in [5.41, 5.74) is 1.76. The van der Waals surface area contributed by atoms with Crippen LogP contribution >= 0.6 is 0 Å². The second-order valence-corrected chi connectivity index (χ2v) is 7.32. The zero-order valence-corrected chi connectivity index (χ0v) is 15.4. The van der Waals surface area contributed by atoms with E-state index in [1.165, 1.54) is 0 Å². The summed E-state index contributed by atoms with van der Waals surface area (Å²) in [4.78, 5) is 38.6. The van der Waals surface area contributed by atoms with E-state index in [1.807, 2.05) is 24.0 Å². The van der Waals surface area contributed by atoms with Crippen LogP contribution in [0.3, 0.4) is 0 Å². The van der Waals surface area contributed by atoms with E-state index in [4.69, 9.17) is 4.74 Å². The molecule has 0 bridgehead atoms. The molecule has 2 aliphatic rings. The van der Waals surface area contributed by atoms with Crippen LogP contribution < -0.4 is 5.32 Å². The highest BCUT2D eigenvalue weighted by Crippen LogP contribution is 2.30. The molecule has 1 aliphatic heterocycles. The average Bonchev–Trinajstić information content (AvgIpc) is 3.26. The van der Waals surface area contributed by atoms with Crippen LogP contribution in [-0.2, 0) is 19.1 Å². The van der Waals surface area contributed by atoms with Crippen molar-refractivity contribution in [3.05, 3.63) is 29.8 Å². The summed E-state index contributed by atoms with van der Waals surface area (Å²) in [6.45, 7) is 3.93. The number of amides is 2. The molecule has 1 aliphatic carbocycles. The number of nitrogens with one attached hydrogen (secondary N) is 1. The molecule has 2 amide bonds. The predicted octanol–water partition coefficient (Wildman–Crippen LogP) is 2.66. The second kappa shape index (κ2) is 7.89. The van der Waals surface area contributed by atoms with Crippen LogP contribution in [0.1, 0.15) is 44.6 Å². The summed E-state index contributed by atoms with van der Waals surface area (Å²) in [6, 6.07) is 7.66. The number of ether oxygens (including phenoxy) is 1. The van der Waals surface area contributed by atoms with E-state index in [9.17, 15) is 14.4 Å². The number of nitrogens with zero attached hydrogens (tertiary/aromatic N) is 1. The summed E-state index contributed by atoms with van der Waals surface area (Å²) in [5, 5.41) is 2.73. The largest absolute Gasteiger partial charge is 0.452 e. The third-order valence-electron chi connectivity index (χ3n) is 5.24. The third-order valence-corrected chi connectivity index (χ3v) is 5.24. The van der Waals surface area contributed by atoms with Gasteiger partial charge in [-0.3, -0.25) is 14.4 Å². The van der Waals surface area contributed by atoms with E-state index >= 15 is 0 Å². The van der Waals surface area contributed by atoms with Gasteiger partial charge in [-0.2, -0.15) is 0 Å². The Morgan fingerprint density at radius 1 is 1.19 bits per heavy atom. The van der Waals surface area contributed by atoms with Gasteiger partial charge in [-0.25, -0.2) is 0 Å². The smallest absolute Gasteiger partial charge is 0.312 e. The van der Waals surface area contributed by atoms with Crippen molar-refractivity contribution in [3.63, 3.8) is 0 Å². The Morgan fingerprint density at radius 3 is 2.50 bits per heavy atom. The lowest BCUT2D eigenvalue weighted by Crippen LogP contribution is -2.36. The molecule has 1 saturated carbocycles. The molecule has 2 fully saturated rings. The highest BCUT2D eigenvalue weighted by atomic mass is 16.5. The molecule has 1 aromatic rings. The van der Waals surface area contributed by atoms with Gasteiger partial charge in [0.25, 0.3) is 5.91 Å². The molecule has 1 aromatic carbocycles. The first-order valence-electron chi connectivity index (χ1n) is 9.31. The normalized spacial score (nSPS) is 21.7. The highest BCUT2D eigenvalue weighted by Gasteiger charge is 2.40. The van der Waals surface area contributed by atoms with E-state index in [0.717, 1.165) is 31.2 Å². The fourth-order valence-corrected chi connectivity index (χ4v) is 3.66. The summed E-state index contributed by atoms with van der Waals surface area (Å²) >= 11 is 0. The first kappa shape index (κ1) is 18.4. The molecule has 2 atom stereocenters. The minimum Gasteiger partial charge on any atom is -0.452 e. The molecular formula is C20H26N2O4. The molecule has 0 aromatic heterocycles. The van der Waals surface area contributed by atoms with Crippen LogP contribution in [0.15, 0.2) is 24.3 Å². The molecule has 0 radical (unpaired) electrons. The second-order valence-electron chi connectivity index (χ2n) is 7.32. The lowest BCUT2D eigenvalue weighted by molar-refractivity contribution is -0.157. The van der Waals surface area contributed by atoms with Crippen molar-refractivity contribution in [1.82, 2.24) is 4.90 Å². The van der Waals surface area contributed by atoms with Gasteiger partial charge in [0.2, 0.25) is 5.91 Å². The highest BCUT2D eigenvalue weighted by molar-refractivity contribution is 5.95. The zero-order valence-electron chi connectivity index (χ0n) is 15.4. The molecule has 1 heterocycles. The van der Waals surface area contributed by atoms with Crippen molar-refractivity contribution < 1.29 is 19.1 Å². The number of hydrogen-bond acceptors (Lipinski definition) is 4. The van der Waals surface area contributed by atoms with Crippen molar-refractivity contribution in [2.24, 2.45) is 5.92 Å². The van der Waals surface area contributed by atoms with E-state index in [1.54, 1.807) is 19.1 Å². The van der Waals surface area contributed by atoms with Gasteiger partial charge >= 0.3 is 5.97 Å². The van der Waals surface area contributed by atoms with Gasteiger partial charge in [0, 0.05) is 24.7 Å². The van der Waals surface area contributed by atoms with Gasteiger partial charge < -0.3 is 15.0 Å². The Kier molecular flexibility index (Phi) is 5.59. The minimum atomic E-state index is -0.903. The Bertz CT molecular complexity index is 680. The fourth-order valence-electron chi connectivity index (χ4n) is 3.66. The van der Waals surface area contributed by atoms with Crippen molar-refractivity contribution in [2.75, 3.05) is 11.9 Å². The molecule has 1 N–H and O–H groups in total. The molecule has 2 unspecified atom stereocenters. The van der Waals surface area contributed by atoms with Crippen molar-refractivity contribution in [2.45, 2.75) is 58.1 Å². The van der Waals surface area contributed by atoms with Crippen molar-refractivity contribution in [1.29, 1.82) is 0 Å². The molecule has 140 valence electrons. The number of rotatable bonds is 5. The van der Waals surface area contributed by atoms with Crippen LogP contribution in [0.5, 0.6) is 0 Å². The number of benzene rings is 1. The molecule has 6 heteroatoms. The number of hydrogen-bond donors (Lipinski definition) is 1. The first-order chi connectivity index (χ1) is 12.4. The SMILES string of the molecule is Cc1ccc(NC(=O)C(C)OC(=O)C2CC(=O)N(C3CCCC3)C2)cc1. The Morgan fingerprint density at radius 2 is 1.85 bits per heavy atom. The minimum absolute atomic E-state index is 0.0237. The van der Waals surface area contributed by atoms with Crippen LogP contribution in [0.25, 0.3) is 0 Å². The standard InChI is InChI=1S/C20H26N2O4/c1-13-7-9-16(10-8-13)21-19(24)14(2)26-20(25)15-11-18(23)22(12-15)17-5-3-4-6-17/h7-10,14-15,17H,3-6,11-12H2,1-2H3,(H,21,24). The van der Waals surface area contributed by atoms with Crippen LogP contribution in [0.2, 0.25) is 0 Å². The average molecular weight is 358 g/mol. The van der Waals surface area contributed by atoms with Gasteiger partial charge in [0.1, 0.15) is 0 Å². The summed E-state index contributed by atoms with van der Waals surface area (Å²) < 4.78 is 5.32. The van der Waals surface area contributed by atoms with Crippen LogP contribution in [0.4, 0.5) is 5.69 Å². The number of carbonyl (C=O) groups excluding carboxylic acids is 3. The number of anilines is 1. The molecule has 26 heavy (non-hydrogen) atoms. The molecule has 0 spiro atoms. The zero-order chi connectivity index (χ0) is 18.7. The monoisotopic (exact) mass is 358 g/mol. The maximum absolute atomic E-state index is 12.4. The third kappa shape index (κ3) is 4.23. The predicted molar refractivity (Wildman–Crippen MR) is 97.4 cm³/mol. The van der Waals surface area contributed by atoms with Gasteiger partial charge in [-0.15, -0.1) is 0 Å². The molecule has 6 nitrogen and oxygen atoms in total. The number of aryl methyl sites for hydroxylation is 1. The lowest BCUT2D eigenvalue weighted by Gasteiger charge is -2.24. The van der Waals surface area contributed by atoms with Crippen LogP contribution in [-0.4, -0.2) is 41.4 Å². The number of carbonyl (C=O) groups is 3. The molecule has 1 saturated heterocycles. The van der Waals surface area contributed by atoms with E-state index < -0.39 is 18.0 Å². The Hall–Kier alpha value is -2.37. The quantitative estimate of drug-likeness (QED) is 0.821. The van der Waals surface area contributed by atoms with E-state index in [2.05, 4.69) is 5.32 Å². The van der Waals surface area contributed by atoms with E-state index in [-0.39, 0.29) is 24.3 Å². The molecular weight excluding hydrogens is 332 g/mol. The number of esters is 1. The van der Waals surface area contributed by atoms with Gasteiger partial charge in [0.05, 0.1) is 5.92 Å². The lowest BCUT2D eigenvalue weighted by atomic mass is 10.1. The van der Waals surface area contributed by atoms with Crippen LogP contribution in [0, 0.1) is 12.8 Å². The van der Waals surface area contributed by atoms with Gasteiger partial charge in [-0.1, -0.05) is 30.5 Å². The topological polar surface area (TPSA) is 75.7 Å². The maximum Gasteiger partial charge on any atom is 0.312 e. The summed E-state index contributed by atoms with van der Waals surface area (Å²) in [7, 11) is 0. The Labute approximate surface area is 153 Å². The van der Waals surface area contributed by atoms with Gasteiger partial charge in [-0.05, 0) is 38.8 Å². The Balaban J connectivity index is 1.51. The van der Waals surface area contributed by atoms with Crippen molar-refractivity contribution in [3.8, 4) is 0 Å². The number of likely N-dealkylation sites (tertiary alicyclic amines) is 1. The van der Waals surface area contributed by atoms with Crippen molar-refractivity contribution >= 4 is 23.5 Å². The summed E-state index contributed by atoms with van der Waals surface area (Å²) in [5.74, 6) is -1.29. The maximum atomic E-state index is 12.4. The summed E-state index contributed by atoms with van der Waals surface area (Å²) in [6.07, 6.45) is 3.59. The van der Waals surface area contributed by atoms with Gasteiger partial charge in [0.15, 0.2) is 6.10 Å². The molecule has 3 rings (SSSR count). The van der Waals surface area contributed by atoms with E-state index in [0.29, 0.717) is 12.2 Å². The fraction of sp³-hybridized carbons (Fsp3) is 0.550. The first-order valence-corrected chi connectivity index (χ1v) is 9.31.